The van der Waals surface area contributed by atoms with Gasteiger partial charge in [0.25, 0.3) is 5.91 Å². The predicted octanol–water partition coefficient (Wildman–Crippen LogP) is 2.02. The lowest BCUT2D eigenvalue weighted by Gasteiger charge is -2.30. The van der Waals surface area contributed by atoms with E-state index in [1.165, 1.54) is 5.56 Å². The van der Waals surface area contributed by atoms with Gasteiger partial charge in [0.05, 0.1) is 6.54 Å². The van der Waals surface area contributed by atoms with Gasteiger partial charge in [-0.05, 0) is 36.8 Å². The number of anilines is 1. The number of carbonyl (C=O) groups is 2. The highest BCUT2D eigenvalue weighted by Crippen LogP contribution is 2.26. The molecule has 1 heterocycles. The molecular weight excluding hydrogens is 278 g/mol. The Hall–Kier alpha value is -2.04. The van der Waals surface area contributed by atoms with Gasteiger partial charge in [0.1, 0.15) is 0 Å². The van der Waals surface area contributed by atoms with Crippen LogP contribution in [0.3, 0.4) is 0 Å². The number of nitrogens with zero attached hydrogens (tertiary/aromatic N) is 1. The fraction of sp³-hybridized carbons (Fsp3) is 0.529. The molecule has 2 N–H and O–H groups in total. The van der Waals surface area contributed by atoms with Crippen LogP contribution in [-0.4, -0.2) is 24.9 Å². The zero-order valence-corrected chi connectivity index (χ0v) is 13.4. The second kappa shape index (κ2) is 7.82. The Morgan fingerprint density at radius 1 is 1.18 bits per heavy atom. The van der Waals surface area contributed by atoms with Crippen molar-refractivity contribution in [1.82, 2.24) is 10.9 Å². The Kier molecular flexibility index (Phi) is 5.81. The topological polar surface area (TPSA) is 61.4 Å². The first kappa shape index (κ1) is 16.3. The third-order valence-corrected chi connectivity index (χ3v) is 3.83. The second-order valence-corrected chi connectivity index (χ2v) is 6.18. The lowest BCUT2D eigenvalue weighted by atomic mass is 10.0. The number of benzene rings is 1. The third kappa shape index (κ3) is 4.76. The van der Waals surface area contributed by atoms with E-state index in [1.54, 1.807) is 0 Å². The number of nitrogens with one attached hydrogen (secondary N) is 2. The van der Waals surface area contributed by atoms with Gasteiger partial charge < -0.3 is 4.90 Å². The molecule has 22 heavy (non-hydrogen) atoms. The molecule has 0 fully saturated rings. The summed E-state index contributed by atoms with van der Waals surface area (Å²) in [5.74, 6) is 0.155. The SMILES string of the molecule is CC(C)CCC(=O)NNC(=O)CN1CCCc2ccccc21. The minimum Gasteiger partial charge on any atom is -0.362 e. The van der Waals surface area contributed by atoms with Crippen molar-refractivity contribution in [3.05, 3.63) is 29.8 Å². The number of aryl methyl sites for hydroxylation is 1. The van der Waals surface area contributed by atoms with E-state index < -0.39 is 0 Å². The fourth-order valence-electron chi connectivity index (χ4n) is 2.61. The highest BCUT2D eigenvalue weighted by atomic mass is 16.2. The van der Waals surface area contributed by atoms with Crippen LogP contribution in [0.5, 0.6) is 0 Å². The Morgan fingerprint density at radius 2 is 1.91 bits per heavy atom. The van der Waals surface area contributed by atoms with Crippen LogP contribution >= 0.6 is 0 Å². The Labute approximate surface area is 132 Å². The average molecular weight is 303 g/mol. The maximum Gasteiger partial charge on any atom is 0.257 e. The van der Waals surface area contributed by atoms with E-state index in [2.05, 4.69) is 35.7 Å². The monoisotopic (exact) mass is 303 g/mol. The average Bonchev–Trinajstić information content (AvgIpc) is 2.51. The fourth-order valence-corrected chi connectivity index (χ4v) is 2.61. The molecule has 5 nitrogen and oxygen atoms in total. The van der Waals surface area contributed by atoms with Gasteiger partial charge >= 0.3 is 0 Å². The number of hydrazine groups is 1. The van der Waals surface area contributed by atoms with Crippen LogP contribution in [0.2, 0.25) is 0 Å². The van der Waals surface area contributed by atoms with E-state index in [9.17, 15) is 9.59 Å². The highest BCUT2D eigenvalue weighted by Gasteiger charge is 2.18. The van der Waals surface area contributed by atoms with Crippen molar-refractivity contribution in [2.75, 3.05) is 18.0 Å². The summed E-state index contributed by atoms with van der Waals surface area (Å²) >= 11 is 0. The van der Waals surface area contributed by atoms with E-state index in [-0.39, 0.29) is 18.4 Å². The normalized spacial score (nSPS) is 13.7. The van der Waals surface area contributed by atoms with Crippen LogP contribution in [-0.2, 0) is 16.0 Å². The smallest absolute Gasteiger partial charge is 0.257 e. The zero-order valence-electron chi connectivity index (χ0n) is 13.4. The van der Waals surface area contributed by atoms with Crippen molar-refractivity contribution in [2.45, 2.75) is 39.5 Å². The summed E-state index contributed by atoms with van der Waals surface area (Å²) in [6, 6.07) is 8.16. The van der Waals surface area contributed by atoms with E-state index in [0.29, 0.717) is 12.3 Å². The molecule has 0 spiro atoms. The molecule has 1 aliphatic rings. The lowest BCUT2D eigenvalue weighted by molar-refractivity contribution is -0.128. The van der Waals surface area contributed by atoms with E-state index in [0.717, 1.165) is 31.5 Å². The molecular formula is C17H25N3O2. The Bertz CT molecular complexity index is 528. The summed E-state index contributed by atoms with van der Waals surface area (Å²) in [7, 11) is 0. The number of fused-ring (bicyclic) bond motifs is 1. The van der Waals surface area contributed by atoms with Crippen LogP contribution in [0.25, 0.3) is 0 Å². The highest BCUT2D eigenvalue weighted by molar-refractivity contribution is 5.85. The van der Waals surface area contributed by atoms with Crippen molar-refractivity contribution in [3.63, 3.8) is 0 Å². The van der Waals surface area contributed by atoms with Crippen molar-refractivity contribution in [2.24, 2.45) is 5.92 Å². The molecule has 5 heteroatoms. The zero-order chi connectivity index (χ0) is 15.9. The molecule has 1 aromatic rings. The van der Waals surface area contributed by atoms with Gasteiger partial charge in [0, 0.05) is 18.7 Å². The summed E-state index contributed by atoms with van der Waals surface area (Å²) in [4.78, 5) is 25.7. The lowest BCUT2D eigenvalue weighted by Crippen LogP contribution is -2.47. The summed E-state index contributed by atoms with van der Waals surface area (Å²) in [5, 5.41) is 0. The summed E-state index contributed by atoms with van der Waals surface area (Å²) < 4.78 is 0. The number of para-hydroxylation sites is 1. The van der Waals surface area contributed by atoms with Gasteiger partial charge in [-0.15, -0.1) is 0 Å². The second-order valence-electron chi connectivity index (χ2n) is 6.18. The van der Waals surface area contributed by atoms with Crippen molar-refractivity contribution in [1.29, 1.82) is 0 Å². The number of amides is 2. The minimum absolute atomic E-state index is 0.138. The van der Waals surface area contributed by atoms with Crippen LogP contribution in [0.4, 0.5) is 5.69 Å². The van der Waals surface area contributed by atoms with Crippen LogP contribution < -0.4 is 15.8 Å². The van der Waals surface area contributed by atoms with Crippen LogP contribution in [0.15, 0.2) is 24.3 Å². The Balaban J connectivity index is 1.80. The van der Waals surface area contributed by atoms with Gasteiger partial charge in [-0.3, -0.25) is 20.4 Å². The maximum atomic E-state index is 12.0. The third-order valence-electron chi connectivity index (χ3n) is 3.83. The molecule has 120 valence electrons. The summed E-state index contributed by atoms with van der Waals surface area (Å²) in [6.07, 6.45) is 3.36. The molecule has 0 saturated carbocycles. The molecule has 0 saturated heterocycles. The van der Waals surface area contributed by atoms with Gasteiger partial charge in [-0.2, -0.15) is 0 Å². The first-order chi connectivity index (χ1) is 10.6. The minimum atomic E-state index is -0.186. The van der Waals surface area contributed by atoms with Crippen molar-refractivity contribution >= 4 is 17.5 Å². The quantitative estimate of drug-likeness (QED) is 0.818. The summed E-state index contributed by atoms with van der Waals surface area (Å²) in [5.41, 5.74) is 7.39. The summed E-state index contributed by atoms with van der Waals surface area (Å²) in [6.45, 7) is 5.27. The Morgan fingerprint density at radius 3 is 2.68 bits per heavy atom. The largest absolute Gasteiger partial charge is 0.362 e. The standard InChI is InChI=1S/C17H25N3O2/c1-13(2)9-10-16(21)18-19-17(22)12-20-11-5-7-14-6-3-4-8-15(14)20/h3-4,6,8,13H,5,7,9-12H2,1-2H3,(H,18,21)(H,19,22). The molecule has 0 aliphatic carbocycles. The van der Waals surface area contributed by atoms with Crippen LogP contribution in [0.1, 0.15) is 38.7 Å². The molecule has 1 aromatic carbocycles. The molecule has 0 atom stereocenters. The molecule has 0 aromatic heterocycles. The van der Waals surface area contributed by atoms with E-state index in [4.69, 9.17) is 0 Å². The maximum absolute atomic E-state index is 12.0. The van der Waals surface area contributed by atoms with Crippen LogP contribution in [0, 0.1) is 5.92 Å². The van der Waals surface area contributed by atoms with Gasteiger partial charge in [0.2, 0.25) is 5.91 Å². The van der Waals surface area contributed by atoms with Gasteiger partial charge in [-0.25, -0.2) is 0 Å². The first-order valence-electron chi connectivity index (χ1n) is 7.97. The predicted molar refractivity (Wildman–Crippen MR) is 87.3 cm³/mol. The molecule has 1 aliphatic heterocycles. The van der Waals surface area contributed by atoms with E-state index in [1.807, 2.05) is 18.2 Å². The molecule has 2 amide bonds. The molecule has 0 bridgehead atoms. The van der Waals surface area contributed by atoms with Gasteiger partial charge in [0.15, 0.2) is 0 Å². The number of hydrogen-bond donors (Lipinski definition) is 2. The van der Waals surface area contributed by atoms with Gasteiger partial charge in [-0.1, -0.05) is 32.0 Å². The number of hydrogen-bond acceptors (Lipinski definition) is 3. The molecule has 0 unspecified atom stereocenters. The number of rotatable bonds is 5. The number of carbonyl (C=O) groups excluding carboxylic acids is 2. The first-order valence-corrected chi connectivity index (χ1v) is 7.97. The molecule has 0 radical (unpaired) electrons. The van der Waals surface area contributed by atoms with Crippen molar-refractivity contribution in [3.8, 4) is 0 Å². The van der Waals surface area contributed by atoms with Crippen molar-refractivity contribution < 1.29 is 9.59 Å². The molecule has 2 rings (SSSR count). The van der Waals surface area contributed by atoms with E-state index >= 15 is 0 Å².